The largest absolute Gasteiger partial charge is 0.314 e. The minimum absolute atomic E-state index is 0.178. The van der Waals surface area contributed by atoms with Gasteiger partial charge in [-0.05, 0) is 55.8 Å². The average Bonchev–Trinajstić information content (AvgIpc) is 2.63. The first-order valence-electron chi connectivity index (χ1n) is 7.80. The van der Waals surface area contributed by atoms with Gasteiger partial charge >= 0.3 is 0 Å². The second kappa shape index (κ2) is 7.38. The monoisotopic (exact) mass is 310 g/mol. The molecule has 1 aliphatic carbocycles. The first-order valence-corrected chi connectivity index (χ1v) is 9.35. The van der Waals surface area contributed by atoms with Crippen LogP contribution in [0.2, 0.25) is 0 Å². The van der Waals surface area contributed by atoms with E-state index in [9.17, 15) is 8.42 Å². The average molecular weight is 310 g/mol. The zero-order valence-corrected chi connectivity index (χ0v) is 13.5. The van der Waals surface area contributed by atoms with Gasteiger partial charge in [0.2, 0.25) is 10.0 Å². The second-order valence-corrected chi connectivity index (χ2v) is 7.76. The van der Waals surface area contributed by atoms with Crippen molar-refractivity contribution in [3.05, 3.63) is 29.8 Å². The van der Waals surface area contributed by atoms with Crippen molar-refractivity contribution in [2.45, 2.75) is 56.4 Å². The van der Waals surface area contributed by atoms with Gasteiger partial charge in [-0.15, -0.1) is 0 Å². The smallest absolute Gasteiger partial charge is 0.238 e. The summed E-state index contributed by atoms with van der Waals surface area (Å²) in [7, 11) is -3.58. The molecule has 2 atom stereocenters. The lowest BCUT2D eigenvalue weighted by Gasteiger charge is -2.16. The number of sulfonamides is 1. The number of nitrogens with one attached hydrogen (secondary N) is 1. The molecule has 3 N–H and O–H groups in total. The highest BCUT2D eigenvalue weighted by Crippen LogP contribution is 2.22. The van der Waals surface area contributed by atoms with Gasteiger partial charge in [0.25, 0.3) is 0 Å². The molecule has 1 fully saturated rings. The van der Waals surface area contributed by atoms with Crippen LogP contribution in [0.5, 0.6) is 0 Å². The summed E-state index contributed by atoms with van der Waals surface area (Å²) in [6.07, 6.45) is 7.45. The quantitative estimate of drug-likeness (QED) is 0.821. The van der Waals surface area contributed by atoms with Gasteiger partial charge in [-0.1, -0.05) is 31.9 Å². The SMILES string of the molecule is CC1CCCC(NCCc2ccc(S(N)(=O)=O)cc2)CC1. The van der Waals surface area contributed by atoms with Crippen LogP contribution in [0, 0.1) is 5.92 Å². The lowest BCUT2D eigenvalue weighted by atomic mass is 10.0. The molecule has 0 radical (unpaired) electrons. The fourth-order valence-electron chi connectivity index (χ4n) is 2.96. The molecule has 1 aromatic carbocycles. The van der Waals surface area contributed by atoms with E-state index < -0.39 is 10.0 Å². The highest BCUT2D eigenvalue weighted by atomic mass is 32.2. The van der Waals surface area contributed by atoms with Crippen LogP contribution in [0.4, 0.5) is 0 Å². The molecule has 118 valence electrons. The van der Waals surface area contributed by atoms with Gasteiger partial charge in [0.15, 0.2) is 0 Å². The molecule has 2 unspecified atom stereocenters. The maximum Gasteiger partial charge on any atom is 0.238 e. The predicted molar refractivity (Wildman–Crippen MR) is 85.6 cm³/mol. The number of nitrogens with two attached hydrogens (primary N) is 1. The van der Waals surface area contributed by atoms with E-state index >= 15 is 0 Å². The van der Waals surface area contributed by atoms with E-state index in [0.29, 0.717) is 6.04 Å². The Morgan fingerprint density at radius 1 is 1.14 bits per heavy atom. The Bertz CT molecular complexity index is 540. The van der Waals surface area contributed by atoms with Crippen molar-refractivity contribution >= 4 is 10.0 Å². The van der Waals surface area contributed by atoms with Crippen molar-refractivity contribution in [2.24, 2.45) is 11.1 Å². The van der Waals surface area contributed by atoms with E-state index in [-0.39, 0.29) is 4.90 Å². The normalized spacial score (nSPS) is 23.7. The molecule has 1 saturated carbocycles. The molecule has 5 heteroatoms. The molecule has 0 amide bonds. The molecular formula is C16H26N2O2S. The van der Waals surface area contributed by atoms with Crippen molar-refractivity contribution in [1.82, 2.24) is 5.32 Å². The lowest BCUT2D eigenvalue weighted by molar-refractivity contribution is 0.450. The molecule has 0 aliphatic heterocycles. The maximum absolute atomic E-state index is 11.2. The highest BCUT2D eigenvalue weighted by Gasteiger charge is 2.15. The fourth-order valence-corrected chi connectivity index (χ4v) is 3.47. The standard InChI is InChI=1S/C16H26N2O2S/c1-13-3-2-4-15(8-5-13)18-12-11-14-6-9-16(10-7-14)21(17,19)20/h6-7,9-10,13,15,18H,2-5,8,11-12H2,1H3,(H2,17,19,20). The summed E-state index contributed by atoms with van der Waals surface area (Å²) in [5.41, 5.74) is 1.14. The molecular weight excluding hydrogens is 284 g/mol. The predicted octanol–water partition coefficient (Wildman–Crippen LogP) is 2.43. The molecule has 0 heterocycles. The van der Waals surface area contributed by atoms with Crippen molar-refractivity contribution in [1.29, 1.82) is 0 Å². The third-order valence-corrected chi connectivity index (χ3v) is 5.29. The van der Waals surface area contributed by atoms with Gasteiger partial charge in [0.05, 0.1) is 4.90 Å². The van der Waals surface area contributed by atoms with Crippen LogP contribution in [0.25, 0.3) is 0 Å². The topological polar surface area (TPSA) is 72.2 Å². The van der Waals surface area contributed by atoms with Gasteiger partial charge in [0.1, 0.15) is 0 Å². The zero-order valence-electron chi connectivity index (χ0n) is 12.7. The van der Waals surface area contributed by atoms with Crippen LogP contribution < -0.4 is 10.5 Å². The number of primary sulfonamides is 1. The van der Waals surface area contributed by atoms with Gasteiger partial charge in [-0.3, -0.25) is 0 Å². The van der Waals surface area contributed by atoms with Gasteiger partial charge in [0, 0.05) is 6.04 Å². The molecule has 4 nitrogen and oxygen atoms in total. The van der Waals surface area contributed by atoms with Gasteiger partial charge in [-0.25, -0.2) is 13.6 Å². The van der Waals surface area contributed by atoms with E-state index in [1.165, 1.54) is 32.1 Å². The second-order valence-electron chi connectivity index (χ2n) is 6.20. The van der Waals surface area contributed by atoms with Crippen LogP contribution in [-0.4, -0.2) is 21.0 Å². The van der Waals surface area contributed by atoms with Crippen molar-refractivity contribution < 1.29 is 8.42 Å². The number of hydrogen-bond donors (Lipinski definition) is 2. The molecule has 0 aromatic heterocycles. The Morgan fingerprint density at radius 3 is 2.52 bits per heavy atom. The Labute approximate surface area is 128 Å². The van der Waals surface area contributed by atoms with E-state index in [1.807, 2.05) is 12.1 Å². The summed E-state index contributed by atoms with van der Waals surface area (Å²) in [5.74, 6) is 0.863. The van der Waals surface area contributed by atoms with E-state index in [0.717, 1.165) is 24.4 Å². The molecule has 0 saturated heterocycles. The van der Waals surface area contributed by atoms with Crippen LogP contribution in [0.1, 0.15) is 44.6 Å². The Balaban J connectivity index is 1.78. The Morgan fingerprint density at radius 2 is 1.86 bits per heavy atom. The first kappa shape index (κ1) is 16.5. The van der Waals surface area contributed by atoms with Crippen LogP contribution in [-0.2, 0) is 16.4 Å². The van der Waals surface area contributed by atoms with Crippen molar-refractivity contribution in [3.63, 3.8) is 0 Å². The molecule has 21 heavy (non-hydrogen) atoms. The van der Waals surface area contributed by atoms with Crippen molar-refractivity contribution in [2.75, 3.05) is 6.54 Å². The van der Waals surface area contributed by atoms with E-state index in [2.05, 4.69) is 12.2 Å². The molecule has 0 spiro atoms. The minimum Gasteiger partial charge on any atom is -0.314 e. The lowest BCUT2D eigenvalue weighted by Crippen LogP contribution is -2.30. The molecule has 2 rings (SSSR count). The molecule has 1 aromatic rings. The summed E-state index contributed by atoms with van der Waals surface area (Å²) >= 11 is 0. The van der Waals surface area contributed by atoms with Gasteiger partial charge in [-0.2, -0.15) is 0 Å². The van der Waals surface area contributed by atoms with Crippen LogP contribution in [0.3, 0.4) is 0 Å². The van der Waals surface area contributed by atoms with Crippen LogP contribution in [0.15, 0.2) is 29.2 Å². The third-order valence-electron chi connectivity index (χ3n) is 4.36. The van der Waals surface area contributed by atoms with E-state index in [1.54, 1.807) is 12.1 Å². The molecule has 0 bridgehead atoms. The van der Waals surface area contributed by atoms with Gasteiger partial charge < -0.3 is 5.32 Å². The fraction of sp³-hybridized carbons (Fsp3) is 0.625. The highest BCUT2D eigenvalue weighted by molar-refractivity contribution is 7.89. The minimum atomic E-state index is -3.58. The summed E-state index contributed by atoms with van der Waals surface area (Å²) in [6.45, 7) is 3.28. The summed E-state index contributed by atoms with van der Waals surface area (Å²) in [5, 5.41) is 8.72. The summed E-state index contributed by atoms with van der Waals surface area (Å²) < 4.78 is 22.4. The summed E-state index contributed by atoms with van der Waals surface area (Å²) in [4.78, 5) is 0.178. The third kappa shape index (κ3) is 5.41. The molecule has 1 aliphatic rings. The van der Waals surface area contributed by atoms with Crippen molar-refractivity contribution in [3.8, 4) is 0 Å². The first-order chi connectivity index (χ1) is 9.95. The van der Waals surface area contributed by atoms with E-state index in [4.69, 9.17) is 5.14 Å². The van der Waals surface area contributed by atoms with Crippen LogP contribution >= 0.6 is 0 Å². The maximum atomic E-state index is 11.2. The zero-order chi connectivity index (χ0) is 15.3. The number of hydrogen-bond acceptors (Lipinski definition) is 3. The number of rotatable bonds is 5. The Kier molecular flexibility index (Phi) is 5.79. The Hall–Kier alpha value is -0.910. The summed E-state index contributed by atoms with van der Waals surface area (Å²) in [6, 6.07) is 7.49. The number of benzene rings is 1.